The summed E-state index contributed by atoms with van der Waals surface area (Å²) in [5.41, 5.74) is 5.78. The summed E-state index contributed by atoms with van der Waals surface area (Å²) in [7, 11) is 0. The highest BCUT2D eigenvalue weighted by atomic mass is 16.5. The van der Waals surface area contributed by atoms with Crippen LogP contribution in [0.2, 0.25) is 0 Å². The molecule has 2 aromatic heterocycles. The van der Waals surface area contributed by atoms with E-state index in [1.54, 1.807) is 12.1 Å². The van der Waals surface area contributed by atoms with Crippen LogP contribution in [-0.2, 0) is 11.2 Å². The number of hydrogen-bond acceptors (Lipinski definition) is 4. The van der Waals surface area contributed by atoms with Crippen LogP contribution in [0.25, 0.3) is 33.1 Å². The number of carbonyl (C=O) groups is 1. The first kappa shape index (κ1) is 19.8. The second-order valence-electron chi connectivity index (χ2n) is 7.87. The van der Waals surface area contributed by atoms with Gasteiger partial charge in [-0.3, -0.25) is 4.79 Å². The van der Waals surface area contributed by atoms with Crippen molar-refractivity contribution in [1.82, 2.24) is 4.98 Å². The van der Waals surface area contributed by atoms with Gasteiger partial charge in [0.25, 0.3) is 0 Å². The first-order valence-electron chi connectivity index (χ1n) is 10.4. The van der Waals surface area contributed by atoms with Crippen molar-refractivity contribution in [2.75, 3.05) is 0 Å². The summed E-state index contributed by atoms with van der Waals surface area (Å²) >= 11 is 0. The molecule has 1 N–H and O–H groups in total. The predicted molar refractivity (Wildman–Crippen MR) is 125 cm³/mol. The van der Waals surface area contributed by atoms with Gasteiger partial charge in [-0.05, 0) is 41.8 Å². The average molecular weight is 423 g/mol. The molecule has 0 amide bonds. The summed E-state index contributed by atoms with van der Waals surface area (Å²) in [4.78, 5) is 27.3. The molecular weight excluding hydrogens is 402 g/mol. The molecule has 0 atom stereocenters. The van der Waals surface area contributed by atoms with Gasteiger partial charge >= 0.3 is 11.6 Å². The van der Waals surface area contributed by atoms with Crippen LogP contribution < -0.4 is 10.4 Å². The third-order valence-corrected chi connectivity index (χ3v) is 5.63. The van der Waals surface area contributed by atoms with Crippen LogP contribution in [0.1, 0.15) is 23.6 Å². The number of hydrogen-bond donors (Lipinski definition) is 1. The van der Waals surface area contributed by atoms with Gasteiger partial charge in [0.15, 0.2) is 0 Å². The Labute approximate surface area is 184 Å². The van der Waals surface area contributed by atoms with Gasteiger partial charge in [-0.15, -0.1) is 0 Å². The van der Waals surface area contributed by atoms with E-state index in [4.69, 9.17) is 9.15 Å². The molecule has 0 bridgehead atoms. The largest absolute Gasteiger partial charge is 0.426 e. The number of aromatic nitrogens is 1. The zero-order valence-corrected chi connectivity index (χ0v) is 17.8. The summed E-state index contributed by atoms with van der Waals surface area (Å²) in [5, 5.41) is 1.83. The lowest BCUT2D eigenvalue weighted by Gasteiger charge is -2.13. The topological polar surface area (TPSA) is 72.3 Å². The fourth-order valence-electron chi connectivity index (χ4n) is 4.20. The van der Waals surface area contributed by atoms with Gasteiger partial charge in [0, 0.05) is 41.3 Å². The second-order valence-corrected chi connectivity index (χ2v) is 7.87. The van der Waals surface area contributed by atoms with Crippen molar-refractivity contribution >= 4 is 27.8 Å². The number of aryl methyl sites for hydroxylation is 1. The molecule has 3 aromatic carbocycles. The molecule has 0 aliphatic carbocycles. The van der Waals surface area contributed by atoms with Crippen LogP contribution in [-0.4, -0.2) is 11.0 Å². The number of aromatic amines is 1. The Balaban J connectivity index is 1.74. The van der Waals surface area contributed by atoms with Gasteiger partial charge in [-0.2, -0.15) is 0 Å². The number of ether oxygens (including phenoxy) is 1. The average Bonchev–Trinajstić information content (AvgIpc) is 3.13. The molecule has 0 spiro atoms. The summed E-state index contributed by atoms with van der Waals surface area (Å²) in [5.74, 6) is 0.0640. The predicted octanol–water partition coefficient (Wildman–Crippen LogP) is 5.77. The number of H-pyrrole nitrogens is 1. The van der Waals surface area contributed by atoms with Crippen LogP contribution in [0.15, 0.2) is 82.0 Å². The number of benzene rings is 3. The van der Waals surface area contributed by atoms with Crippen molar-refractivity contribution in [3.63, 3.8) is 0 Å². The molecule has 0 saturated carbocycles. The highest BCUT2D eigenvalue weighted by molar-refractivity contribution is 5.92. The molecule has 5 nitrogen and oxygen atoms in total. The number of nitrogens with one attached hydrogen (secondary N) is 1. The van der Waals surface area contributed by atoms with Gasteiger partial charge < -0.3 is 14.1 Å². The van der Waals surface area contributed by atoms with E-state index in [1.807, 2.05) is 43.3 Å². The molecule has 0 unspecified atom stereocenters. The highest BCUT2D eigenvalue weighted by Gasteiger charge is 2.18. The second kappa shape index (κ2) is 7.85. The van der Waals surface area contributed by atoms with Crippen molar-refractivity contribution in [3.05, 3.63) is 99.9 Å². The van der Waals surface area contributed by atoms with E-state index in [0.717, 1.165) is 44.2 Å². The lowest BCUT2D eigenvalue weighted by molar-refractivity contribution is -0.131. The molecule has 5 heteroatoms. The van der Waals surface area contributed by atoms with E-state index in [0.29, 0.717) is 17.8 Å². The minimum Gasteiger partial charge on any atom is -0.426 e. The van der Waals surface area contributed by atoms with E-state index < -0.39 is 11.6 Å². The molecule has 0 radical (unpaired) electrons. The fraction of sp³-hybridized carbons (Fsp3) is 0.111. The molecule has 158 valence electrons. The highest BCUT2D eigenvalue weighted by Crippen LogP contribution is 2.36. The smallest absolute Gasteiger partial charge is 0.336 e. The summed E-state index contributed by atoms with van der Waals surface area (Å²) < 4.78 is 11.0. The molecule has 2 heterocycles. The monoisotopic (exact) mass is 423 g/mol. The van der Waals surface area contributed by atoms with E-state index >= 15 is 0 Å². The lowest BCUT2D eigenvalue weighted by atomic mass is 9.96. The van der Waals surface area contributed by atoms with E-state index in [9.17, 15) is 9.59 Å². The zero-order valence-electron chi connectivity index (χ0n) is 17.8. The molecule has 0 fully saturated rings. The molecule has 5 rings (SSSR count). The summed E-state index contributed by atoms with van der Waals surface area (Å²) in [6.45, 7) is 3.22. The standard InChI is InChI=1S/C27H21NO4/c1-16-12-26(30)32-25-14-19(24(15-21(16)25)31-17(2)29)13-22-20-10-6-7-11-23(20)28-27(22)18-8-4-3-5-9-18/h3-12,14-15,28H,13H2,1-2H3. The molecule has 0 saturated heterocycles. The van der Waals surface area contributed by atoms with Crippen molar-refractivity contribution in [3.8, 4) is 17.0 Å². The Morgan fingerprint density at radius 2 is 1.72 bits per heavy atom. The van der Waals surface area contributed by atoms with E-state index in [-0.39, 0.29) is 0 Å². The Morgan fingerprint density at radius 3 is 2.50 bits per heavy atom. The molecule has 5 aromatic rings. The van der Waals surface area contributed by atoms with Crippen molar-refractivity contribution in [2.45, 2.75) is 20.3 Å². The molecule has 32 heavy (non-hydrogen) atoms. The van der Waals surface area contributed by atoms with E-state index in [2.05, 4.69) is 23.2 Å². The molecule has 0 aliphatic heterocycles. The number of esters is 1. The SMILES string of the molecule is CC(=O)Oc1cc2c(C)cc(=O)oc2cc1Cc1c(-c2ccccc2)[nH]c2ccccc12. The first-order valence-corrected chi connectivity index (χ1v) is 10.4. The van der Waals surface area contributed by atoms with Gasteiger partial charge in [-0.25, -0.2) is 4.79 Å². The Morgan fingerprint density at radius 1 is 0.969 bits per heavy atom. The van der Waals surface area contributed by atoms with Crippen molar-refractivity contribution in [2.24, 2.45) is 0 Å². The molecular formula is C27H21NO4. The van der Waals surface area contributed by atoms with Gasteiger partial charge in [0.2, 0.25) is 0 Å². The quantitative estimate of drug-likeness (QED) is 0.226. The summed E-state index contributed by atoms with van der Waals surface area (Å²) in [6.07, 6.45) is 0.491. The number of rotatable bonds is 4. The third kappa shape index (κ3) is 3.58. The normalized spacial score (nSPS) is 11.2. The third-order valence-electron chi connectivity index (χ3n) is 5.63. The maximum Gasteiger partial charge on any atom is 0.336 e. The van der Waals surface area contributed by atoms with Gasteiger partial charge in [0.05, 0.1) is 5.69 Å². The lowest BCUT2D eigenvalue weighted by Crippen LogP contribution is -2.06. The maximum absolute atomic E-state index is 12.0. The van der Waals surface area contributed by atoms with Crippen LogP contribution in [0.4, 0.5) is 0 Å². The van der Waals surface area contributed by atoms with Crippen molar-refractivity contribution < 1.29 is 13.9 Å². The minimum absolute atomic E-state index is 0.400. The fourth-order valence-corrected chi connectivity index (χ4v) is 4.20. The number of para-hydroxylation sites is 1. The van der Waals surface area contributed by atoms with Gasteiger partial charge in [0.1, 0.15) is 11.3 Å². The van der Waals surface area contributed by atoms with Crippen LogP contribution in [0.3, 0.4) is 0 Å². The number of carbonyl (C=O) groups excluding carboxylic acids is 1. The molecule has 0 aliphatic rings. The Kier molecular flexibility index (Phi) is 4.86. The van der Waals surface area contributed by atoms with Crippen molar-refractivity contribution in [1.29, 1.82) is 0 Å². The zero-order chi connectivity index (χ0) is 22.2. The van der Waals surface area contributed by atoms with E-state index in [1.165, 1.54) is 13.0 Å². The Hall–Kier alpha value is -4.12. The number of fused-ring (bicyclic) bond motifs is 2. The minimum atomic E-state index is -0.404. The van der Waals surface area contributed by atoms with Crippen LogP contribution >= 0.6 is 0 Å². The summed E-state index contributed by atoms with van der Waals surface area (Å²) in [6, 6.07) is 23.2. The Bertz CT molecular complexity index is 1530. The van der Waals surface area contributed by atoms with Crippen LogP contribution in [0, 0.1) is 6.92 Å². The van der Waals surface area contributed by atoms with Crippen LogP contribution in [0.5, 0.6) is 5.75 Å². The maximum atomic E-state index is 12.0. The first-order chi connectivity index (χ1) is 15.5. The van der Waals surface area contributed by atoms with Gasteiger partial charge in [-0.1, -0.05) is 48.5 Å².